The minimum atomic E-state index is -5.48. The van der Waals surface area contributed by atoms with Crippen molar-refractivity contribution in [3.8, 4) is 11.5 Å². The predicted molar refractivity (Wildman–Crippen MR) is 164 cm³/mol. The fourth-order valence-corrected chi connectivity index (χ4v) is 16.0. The molecule has 0 fully saturated rings. The molecule has 47 heavy (non-hydrogen) atoms. The zero-order chi connectivity index (χ0) is 33.4. The van der Waals surface area contributed by atoms with Gasteiger partial charge in [-0.15, -0.1) is 0 Å². The van der Waals surface area contributed by atoms with Crippen molar-refractivity contribution in [1.82, 2.24) is 0 Å². The molecule has 6 nitrogen and oxygen atoms in total. The summed E-state index contributed by atoms with van der Waals surface area (Å²) < 4.78 is 128. The summed E-state index contributed by atoms with van der Waals surface area (Å²) in [7, 11) is -9.23. The van der Waals surface area contributed by atoms with E-state index in [4.69, 9.17) is 8.37 Å². The monoisotopic (exact) mass is 716 g/mol. The third kappa shape index (κ3) is 5.91. The van der Waals surface area contributed by atoms with Gasteiger partial charge in [-0.3, -0.25) is 0 Å². The summed E-state index contributed by atoms with van der Waals surface area (Å²) in [6.45, 7) is 0. The molecule has 0 radical (unpaired) electrons. The molecule has 0 bridgehead atoms. The number of rotatable bonds is 10. The Morgan fingerprint density at radius 1 is 0.532 bits per heavy atom. The Hall–Kier alpha value is -4.23. The second-order valence-corrected chi connectivity index (χ2v) is 19.6. The number of benzene rings is 4. The summed E-state index contributed by atoms with van der Waals surface area (Å²) in [5.74, 6) is -7.03. The summed E-state index contributed by atoms with van der Waals surface area (Å²) >= 11 is -5.48. The van der Waals surface area contributed by atoms with Crippen molar-refractivity contribution >= 4 is 28.0 Å². The number of halogens is 4. The molecule has 0 saturated heterocycles. The van der Waals surface area contributed by atoms with Crippen molar-refractivity contribution in [2.24, 2.45) is 0 Å². The summed E-state index contributed by atoms with van der Waals surface area (Å²) in [5.41, 5.74) is 0. The summed E-state index contributed by atoms with van der Waals surface area (Å²) in [6, 6.07) is 16.9. The Morgan fingerprint density at radius 2 is 0.915 bits per heavy atom. The molecular weight excluding hydrogens is 692 g/mol. The van der Waals surface area contributed by atoms with Crippen LogP contribution in [0.25, 0.3) is 0 Å². The van der Waals surface area contributed by atoms with Crippen LogP contribution in [0.15, 0.2) is 139 Å². The third-order valence-corrected chi connectivity index (χ3v) is 18.3. The van der Waals surface area contributed by atoms with Crippen LogP contribution < -0.4 is 16.1 Å². The van der Waals surface area contributed by atoms with Crippen molar-refractivity contribution in [3.05, 3.63) is 152 Å². The average Bonchev–Trinajstić information content (AvgIpc) is 3.80. The maximum absolute atomic E-state index is 16.9. The number of hydrogen-bond donors (Lipinski definition) is 0. The van der Waals surface area contributed by atoms with E-state index >= 15 is 17.6 Å². The van der Waals surface area contributed by atoms with Gasteiger partial charge >= 0.3 is 274 Å². The van der Waals surface area contributed by atoms with E-state index < -0.39 is 79.3 Å². The van der Waals surface area contributed by atoms with E-state index in [9.17, 15) is 16.8 Å². The Balaban J connectivity index is 1.62. The van der Waals surface area contributed by atoms with Crippen molar-refractivity contribution in [2.45, 2.75) is 22.6 Å². The Bertz CT molecular complexity index is 2060. The van der Waals surface area contributed by atoms with E-state index in [1.165, 1.54) is 60.7 Å². The molecule has 0 spiro atoms. The van der Waals surface area contributed by atoms with Gasteiger partial charge in [0.05, 0.1) is 0 Å². The fraction of sp³-hybridized carbons (Fsp3) is 0.0588. The van der Waals surface area contributed by atoms with E-state index in [0.717, 1.165) is 24.3 Å². The first-order valence-electron chi connectivity index (χ1n) is 14.1. The fourth-order valence-electron chi connectivity index (χ4n) is 5.81. The molecule has 4 aromatic rings. The van der Waals surface area contributed by atoms with Crippen LogP contribution in [0.1, 0.15) is 12.8 Å². The molecule has 0 heterocycles. The van der Waals surface area contributed by atoms with Gasteiger partial charge in [-0.2, -0.15) is 0 Å². The molecule has 0 aliphatic heterocycles. The molecule has 0 N–H and O–H groups in total. The molecule has 240 valence electrons. The van der Waals surface area contributed by atoms with Crippen LogP contribution in [-0.2, 0) is 36.8 Å². The third-order valence-electron chi connectivity index (χ3n) is 7.83. The number of hydrogen-bond acceptors (Lipinski definition) is 6. The Morgan fingerprint density at radius 3 is 1.26 bits per heavy atom. The molecule has 0 atom stereocenters. The molecule has 0 aromatic heterocycles. The van der Waals surface area contributed by atoms with Gasteiger partial charge < -0.3 is 0 Å². The van der Waals surface area contributed by atoms with Crippen molar-refractivity contribution in [3.63, 3.8) is 0 Å². The molecular formula is C34H24F4O6S2Ti. The van der Waals surface area contributed by atoms with Crippen LogP contribution in [0.2, 0.25) is 0 Å². The normalized spacial score (nSPS) is 14.6. The van der Waals surface area contributed by atoms with E-state index in [-0.39, 0.29) is 22.6 Å². The first-order chi connectivity index (χ1) is 22.5. The van der Waals surface area contributed by atoms with E-state index in [2.05, 4.69) is 0 Å². The van der Waals surface area contributed by atoms with Gasteiger partial charge in [-0.1, -0.05) is 0 Å². The molecule has 2 aliphatic carbocycles. The van der Waals surface area contributed by atoms with Crippen LogP contribution in [-0.4, -0.2) is 16.8 Å². The van der Waals surface area contributed by atoms with Crippen LogP contribution in [0, 0.1) is 23.3 Å². The zero-order valence-electron chi connectivity index (χ0n) is 24.2. The molecule has 0 saturated carbocycles. The Labute approximate surface area is 272 Å². The molecule has 0 unspecified atom stereocenters. The molecule has 2 aliphatic rings. The van der Waals surface area contributed by atoms with Crippen LogP contribution in [0.3, 0.4) is 0 Å². The molecule has 0 amide bonds. The van der Waals surface area contributed by atoms with E-state index in [1.807, 2.05) is 0 Å². The van der Waals surface area contributed by atoms with Crippen LogP contribution in [0.5, 0.6) is 11.5 Å². The van der Waals surface area contributed by atoms with Gasteiger partial charge in [-0.25, -0.2) is 0 Å². The second-order valence-electron chi connectivity index (χ2n) is 10.6. The maximum atomic E-state index is 16.9. The zero-order valence-corrected chi connectivity index (χ0v) is 27.4. The number of allylic oxidation sites excluding steroid dienone is 8. The topological polar surface area (TPSA) is 86.7 Å². The quantitative estimate of drug-likeness (QED) is 0.105. The van der Waals surface area contributed by atoms with Crippen LogP contribution in [0.4, 0.5) is 17.6 Å². The van der Waals surface area contributed by atoms with Gasteiger partial charge in [0.15, 0.2) is 0 Å². The first kappa shape index (κ1) is 32.7. The van der Waals surface area contributed by atoms with Gasteiger partial charge in [0.2, 0.25) is 0 Å². The predicted octanol–water partition coefficient (Wildman–Crippen LogP) is 6.57. The Kier molecular flexibility index (Phi) is 8.88. The van der Waals surface area contributed by atoms with Gasteiger partial charge in [0, 0.05) is 0 Å². The van der Waals surface area contributed by atoms with Crippen LogP contribution >= 0.6 is 0 Å². The summed E-state index contributed by atoms with van der Waals surface area (Å²) in [5, 5.41) is 0. The van der Waals surface area contributed by atoms with Crippen molar-refractivity contribution in [2.75, 3.05) is 0 Å². The van der Waals surface area contributed by atoms with Gasteiger partial charge in [0.25, 0.3) is 0 Å². The van der Waals surface area contributed by atoms with E-state index in [1.54, 1.807) is 36.4 Å². The van der Waals surface area contributed by atoms with Gasteiger partial charge in [-0.05, 0) is 0 Å². The standard InChI is InChI=1S/2C12H7F2O3S.2C5H5.Ti/c2*13-9-6-7-12(11(14)8-9)17-18(15,16)10-4-2-1-3-5-10;2*1-2-4-5-3-1;/h2*1-7H;2*1-3H,4H2;. The first-order valence-corrected chi connectivity index (χ1v) is 20.1. The summed E-state index contributed by atoms with van der Waals surface area (Å²) in [6.07, 6.45) is 9.67. The van der Waals surface area contributed by atoms with E-state index in [0.29, 0.717) is 7.76 Å². The average molecular weight is 717 g/mol. The minimum absolute atomic E-state index is 0.0654. The second kappa shape index (κ2) is 12.8. The SMILES string of the molecule is O=S(=O)(Oc1ccc(F)[c]([Ti]([C]2=CC=CC2)([C]2=CC=CC2)[c]2c(F)ccc(OS(=O)(=O)c3ccccc3)c2F)c1F)c1ccccc1. The van der Waals surface area contributed by atoms with Gasteiger partial charge in [0.1, 0.15) is 0 Å². The summed E-state index contributed by atoms with van der Waals surface area (Å²) in [4.78, 5) is -0.602. The molecule has 13 heteroatoms. The molecule has 6 rings (SSSR count). The molecule has 4 aromatic carbocycles. The van der Waals surface area contributed by atoms with Crippen molar-refractivity contribution < 1.29 is 59.4 Å². The van der Waals surface area contributed by atoms with Crippen molar-refractivity contribution in [1.29, 1.82) is 0 Å².